The van der Waals surface area contributed by atoms with Crippen LogP contribution < -0.4 is 9.51 Å². The summed E-state index contributed by atoms with van der Waals surface area (Å²) >= 11 is 1.28. The molecule has 0 unspecified atom stereocenters. The fourth-order valence-electron chi connectivity index (χ4n) is 1.41. The summed E-state index contributed by atoms with van der Waals surface area (Å²) in [5.74, 6) is 0.589. The van der Waals surface area contributed by atoms with Gasteiger partial charge in [0.15, 0.2) is 0 Å². The smallest absolute Gasteiger partial charge is 0.491 e. The third-order valence-electron chi connectivity index (χ3n) is 2.11. The van der Waals surface area contributed by atoms with E-state index in [1.54, 1.807) is 18.2 Å². The molecule has 0 bridgehead atoms. The second-order valence-electron chi connectivity index (χ2n) is 3.26. The predicted octanol–water partition coefficient (Wildman–Crippen LogP) is 0.929. The Hall–Kier alpha value is -1.11. The molecule has 0 atom stereocenters. The van der Waals surface area contributed by atoms with Gasteiger partial charge in [0, 0.05) is 9.48 Å². The maximum Gasteiger partial charge on any atom is 0.499 e. The molecule has 0 saturated carbocycles. The van der Waals surface area contributed by atoms with Gasteiger partial charge in [0.25, 0.3) is 0 Å². The Morgan fingerprint density at radius 3 is 2.81 bits per heavy atom. The van der Waals surface area contributed by atoms with Crippen LogP contribution in [0.5, 0.6) is 5.75 Å². The van der Waals surface area contributed by atoms with Crippen LogP contribution in [-0.2, 0) is 0 Å². The molecular formula is C10H10BFO3S. The number of halogens is 1. The van der Waals surface area contributed by atoms with E-state index < -0.39 is 13.8 Å². The number of hydrogen-bond acceptors (Lipinski definition) is 4. The van der Waals surface area contributed by atoms with Crippen molar-refractivity contribution in [1.82, 2.24) is 0 Å². The van der Waals surface area contributed by atoms with Crippen LogP contribution in [0.3, 0.4) is 0 Å². The Morgan fingerprint density at radius 2 is 2.12 bits per heavy atom. The van der Waals surface area contributed by atoms with Gasteiger partial charge in [0.1, 0.15) is 19.0 Å². The van der Waals surface area contributed by atoms with Crippen molar-refractivity contribution in [1.29, 1.82) is 0 Å². The van der Waals surface area contributed by atoms with Crippen molar-refractivity contribution in [3.63, 3.8) is 0 Å². The molecule has 0 spiro atoms. The summed E-state index contributed by atoms with van der Waals surface area (Å²) in [7, 11) is -1.45. The second kappa shape index (κ2) is 4.82. The lowest BCUT2D eigenvalue weighted by Gasteiger charge is -2.02. The molecule has 1 heterocycles. The van der Waals surface area contributed by atoms with Gasteiger partial charge in [-0.15, -0.1) is 11.3 Å². The Morgan fingerprint density at radius 1 is 1.31 bits per heavy atom. The average Bonchev–Trinajstić information content (AvgIpc) is 2.69. The van der Waals surface area contributed by atoms with Gasteiger partial charge in [-0.2, -0.15) is 0 Å². The molecule has 2 aromatic rings. The van der Waals surface area contributed by atoms with Gasteiger partial charge in [0.2, 0.25) is 0 Å². The van der Waals surface area contributed by atoms with E-state index in [0.717, 1.165) is 10.1 Å². The number of benzene rings is 1. The predicted molar refractivity (Wildman–Crippen MR) is 63.1 cm³/mol. The molecule has 16 heavy (non-hydrogen) atoms. The average molecular weight is 240 g/mol. The summed E-state index contributed by atoms with van der Waals surface area (Å²) in [6.45, 7) is -0.491. The van der Waals surface area contributed by atoms with Crippen LogP contribution in [0.25, 0.3) is 10.1 Å². The largest absolute Gasteiger partial charge is 0.499 e. The van der Waals surface area contributed by atoms with E-state index in [0.29, 0.717) is 10.5 Å². The van der Waals surface area contributed by atoms with Crippen molar-refractivity contribution in [3.05, 3.63) is 24.3 Å². The number of thiophene rings is 1. The second-order valence-corrected chi connectivity index (χ2v) is 4.37. The van der Waals surface area contributed by atoms with Crippen LogP contribution in [0, 0.1) is 0 Å². The summed E-state index contributed by atoms with van der Waals surface area (Å²) < 4.78 is 18.4. The Kier molecular flexibility index (Phi) is 3.43. The van der Waals surface area contributed by atoms with Gasteiger partial charge in [-0.3, -0.25) is 0 Å². The highest BCUT2D eigenvalue weighted by Crippen LogP contribution is 2.24. The lowest BCUT2D eigenvalue weighted by atomic mass is 9.89. The lowest BCUT2D eigenvalue weighted by molar-refractivity contribution is 0.273. The monoisotopic (exact) mass is 240 g/mol. The first-order chi connectivity index (χ1) is 7.70. The first-order valence-corrected chi connectivity index (χ1v) is 5.61. The highest BCUT2D eigenvalue weighted by Gasteiger charge is 2.14. The van der Waals surface area contributed by atoms with Gasteiger partial charge >= 0.3 is 7.12 Å². The molecule has 0 saturated heterocycles. The third kappa shape index (κ3) is 2.34. The van der Waals surface area contributed by atoms with Crippen molar-refractivity contribution < 1.29 is 19.2 Å². The Bertz CT molecular complexity index is 486. The molecule has 1 aromatic heterocycles. The minimum absolute atomic E-state index is 0.0341. The first kappa shape index (κ1) is 11.4. The van der Waals surface area contributed by atoms with Crippen LogP contribution in [0.2, 0.25) is 0 Å². The summed E-state index contributed by atoms with van der Waals surface area (Å²) in [6.07, 6.45) is 0. The van der Waals surface area contributed by atoms with E-state index in [1.165, 1.54) is 11.3 Å². The van der Waals surface area contributed by atoms with Crippen molar-refractivity contribution in [2.45, 2.75) is 0 Å². The number of rotatable bonds is 4. The molecule has 0 amide bonds. The van der Waals surface area contributed by atoms with Crippen LogP contribution in [0.4, 0.5) is 4.39 Å². The zero-order valence-electron chi connectivity index (χ0n) is 8.39. The van der Waals surface area contributed by atoms with E-state index in [2.05, 4.69) is 0 Å². The molecule has 0 fully saturated rings. The highest BCUT2D eigenvalue weighted by molar-refractivity contribution is 7.27. The SMILES string of the molecule is OB(O)c1cc2ccc(OCCF)cc2s1. The third-order valence-corrected chi connectivity index (χ3v) is 3.25. The zero-order chi connectivity index (χ0) is 11.5. The lowest BCUT2D eigenvalue weighted by Crippen LogP contribution is -2.26. The standard InChI is InChI=1S/C10H10BFO3S/c12-3-4-15-8-2-1-7-5-10(11(13)14)16-9(7)6-8/h1-2,5-6,13-14H,3-4H2. The van der Waals surface area contributed by atoms with Gasteiger partial charge < -0.3 is 14.8 Å². The maximum absolute atomic E-state index is 11.9. The minimum atomic E-state index is -1.45. The van der Waals surface area contributed by atoms with Gasteiger partial charge in [-0.25, -0.2) is 4.39 Å². The summed E-state index contributed by atoms with van der Waals surface area (Å²) in [5, 5.41) is 19.0. The fraction of sp³-hybridized carbons (Fsp3) is 0.200. The topological polar surface area (TPSA) is 49.7 Å². The van der Waals surface area contributed by atoms with Crippen molar-refractivity contribution >= 4 is 33.3 Å². The molecule has 0 aliphatic rings. The summed E-state index contributed by atoms with van der Waals surface area (Å²) in [6, 6.07) is 7.02. The number of alkyl halides is 1. The first-order valence-electron chi connectivity index (χ1n) is 4.79. The molecule has 2 N–H and O–H groups in total. The maximum atomic E-state index is 11.9. The van der Waals surface area contributed by atoms with Gasteiger partial charge in [0.05, 0.1) is 0 Å². The van der Waals surface area contributed by atoms with Gasteiger partial charge in [-0.1, -0.05) is 0 Å². The van der Waals surface area contributed by atoms with Crippen molar-refractivity contribution in [3.8, 4) is 5.75 Å². The molecule has 2 rings (SSSR count). The molecule has 0 aliphatic carbocycles. The Labute approximate surface area is 96.2 Å². The normalized spacial score (nSPS) is 10.7. The molecule has 1 aromatic carbocycles. The molecule has 6 heteroatoms. The molecule has 0 radical (unpaired) electrons. The van der Waals surface area contributed by atoms with Crippen LogP contribution in [0.15, 0.2) is 24.3 Å². The van der Waals surface area contributed by atoms with Crippen molar-refractivity contribution in [2.75, 3.05) is 13.3 Å². The number of ether oxygens (including phenoxy) is 1. The number of hydrogen-bond donors (Lipinski definition) is 2. The fourth-order valence-corrected chi connectivity index (χ4v) is 2.37. The van der Waals surface area contributed by atoms with E-state index in [1.807, 2.05) is 6.07 Å². The van der Waals surface area contributed by atoms with Crippen molar-refractivity contribution in [2.24, 2.45) is 0 Å². The zero-order valence-corrected chi connectivity index (χ0v) is 9.21. The van der Waals surface area contributed by atoms with E-state index >= 15 is 0 Å². The minimum Gasteiger partial charge on any atom is -0.491 e. The Balaban J connectivity index is 2.30. The summed E-state index contributed by atoms with van der Waals surface area (Å²) in [4.78, 5) is 0. The highest BCUT2D eigenvalue weighted by atomic mass is 32.1. The molecular weight excluding hydrogens is 230 g/mol. The van der Waals surface area contributed by atoms with E-state index in [-0.39, 0.29) is 6.61 Å². The molecule has 0 aliphatic heterocycles. The van der Waals surface area contributed by atoms with Gasteiger partial charge in [-0.05, 0) is 29.7 Å². The molecule has 84 valence electrons. The summed E-state index contributed by atoms with van der Waals surface area (Å²) in [5.41, 5.74) is 0. The van der Waals surface area contributed by atoms with Crippen LogP contribution >= 0.6 is 11.3 Å². The van der Waals surface area contributed by atoms with Crippen LogP contribution in [-0.4, -0.2) is 30.4 Å². The number of fused-ring (bicyclic) bond motifs is 1. The van der Waals surface area contributed by atoms with E-state index in [4.69, 9.17) is 14.8 Å². The quantitative estimate of drug-likeness (QED) is 0.781. The molecule has 3 nitrogen and oxygen atoms in total. The van der Waals surface area contributed by atoms with E-state index in [9.17, 15) is 4.39 Å². The van der Waals surface area contributed by atoms with Crippen LogP contribution in [0.1, 0.15) is 0 Å².